The third-order valence-electron chi connectivity index (χ3n) is 6.62. The van der Waals surface area contributed by atoms with Crippen molar-refractivity contribution in [1.82, 2.24) is 0 Å². The fraction of sp³-hybridized carbons (Fsp3) is 0.161. The Balaban J connectivity index is 1.32. The van der Waals surface area contributed by atoms with Crippen LogP contribution in [0.15, 0.2) is 83.9 Å². The summed E-state index contributed by atoms with van der Waals surface area (Å²) in [5, 5.41) is 10.5. The number of amides is 2. The van der Waals surface area contributed by atoms with E-state index in [0.717, 1.165) is 34.6 Å². The molecule has 0 aromatic heterocycles. The van der Waals surface area contributed by atoms with E-state index in [1.165, 1.54) is 0 Å². The highest BCUT2D eigenvalue weighted by Crippen LogP contribution is 2.38. The van der Waals surface area contributed by atoms with Gasteiger partial charge in [0.25, 0.3) is 0 Å². The van der Waals surface area contributed by atoms with Crippen molar-refractivity contribution in [2.24, 2.45) is 4.99 Å². The van der Waals surface area contributed by atoms with Gasteiger partial charge in [-0.05, 0) is 78.2 Å². The second-order valence-electron chi connectivity index (χ2n) is 9.45. The quantitative estimate of drug-likeness (QED) is 0.196. The number of hydrogen-bond donors (Lipinski definition) is 3. The lowest BCUT2D eigenvalue weighted by Crippen LogP contribution is -2.25. The number of carbonyl (C=O) groups is 1. The second-order valence-corrected chi connectivity index (χ2v) is 10.8. The van der Waals surface area contributed by atoms with Gasteiger partial charge in [-0.2, -0.15) is 0 Å². The first kappa shape index (κ1) is 28.6. The number of carbonyl (C=O) groups excluding carboxylic acids is 1. The van der Waals surface area contributed by atoms with Gasteiger partial charge >= 0.3 is 6.03 Å². The molecule has 1 atom stereocenters. The number of urea groups is 1. The maximum Gasteiger partial charge on any atom is 0.323 e. The summed E-state index contributed by atoms with van der Waals surface area (Å²) in [6.45, 7) is 0.579. The van der Waals surface area contributed by atoms with Gasteiger partial charge in [0, 0.05) is 50.2 Å². The predicted molar refractivity (Wildman–Crippen MR) is 168 cm³/mol. The van der Waals surface area contributed by atoms with Crippen LogP contribution < -0.4 is 25.4 Å². The number of aliphatic imine (C=N–C) groups is 1. The predicted octanol–water partition coefficient (Wildman–Crippen LogP) is 8.51. The van der Waals surface area contributed by atoms with Gasteiger partial charge in [0.05, 0.1) is 14.2 Å². The number of amidine groups is 1. The van der Waals surface area contributed by atoms with E-state index in [1.54, 1.807) is 32.4 Å². The summed E-state index contributed by atoms with van der Waals surface area (Å²) in [6.07, 6.45) is 0.740. The minimum Gasteiger partial charge on any atom is -0.493 e. The number of rotatable bonds is 7. The van der Waals surface area contributed by atoms with Crippen LogP contribution in [0.5, 0.6) is 11.5 Å². The summed E-state index contributed by atoms with van der Waals surface area (Å²) in [5.41, 5.74) is 5.15. The molecule has 2 amide bonds. The number of hydrogen-bond acceptors (Lipinski definition) is 5. The van der Waals surface area contributed by atoms with Crippen molar-refractivity contribution in [2.75, 3.05) is 36.7 Å². The number of nitrogens with one attached hydrogen (secondary N) is 3. The van der Waals surface area contributed by atoms with Crippen molar-refractivity contribution in [3.05, 3.63) is 111 Å². The molecule has 10 heteroatoms. The molecule has 1 aliphatic heterocycles. The van der Waals surface area contributed by atoms with Gasteiger partial charge in [-0.3, -0.25) is 4.99 Å². The fourth-order valence-corrected chi connectivity index (χ4v) is 5.45. The number of benzene rings is 4. The number of halogens is 3. The number of anilines is 3. The van der Waals surface area contributed by atoms with Crippen LogP contribution in [0, 0.1) is 0 Å². The van der Waals surface area contributed by atoms with E-state index in [1.807, 2.05) is 60.7 Å². The summed E-state index contributed by atoms with van der Waals surface area (Å²) < 4.78 is 11.2. The molecule has 4 aromatic rings. The summed E-state index contributed by atoms with van der Waals surface area (Å²) in [5.74, 6) is 2.13. The Morgan fingerprint density at radius 3 is 2.15 bits per heavy atom. The lowest BCUT2D eigenvalue weighted by molar-refractivity contribution is 0.262. The molecule has 3 N–H and O–H groups in total. The molecule has 1 aliphatic rings. The Morgan fingerprint density at radius 1 is 0.805 bits per heavy atom. The van der Waals surface area contributed by atoms with E-state index in [0.29, 0.717) is 44.5 Å². The smallest absolute Gasteiger partial charge is 0.323 e. The van der Waals surface area contributed by atoms with Gasteiger partial charge in [-0.1, -0.05) is 53.0 Å². The molecule has 4 aromatic carbocycles. The summed E-state index contributed by atoms with van der Waals surface area (Å²) in [6, 6.07) is 23.7. The summed E-state index contributed by atoms with van der Waals surface area (Å²) >= 11 is 18.2. The molecule has 1 unspecified atom stereocenters. The lowest BCUT2D eigenvalue weighted by atomic mass is 9.86. The van der Waals surface area contributed by atoms with E-state index in [-0.39, 0.29) is 5.92 Å². The minimum atomic E-state index is -0.396. The van der Waals surface area contributed by atoms with Gasteiger partial charge in [0.1, 0.15) is 5.84 Å². The highest BCUT2D eigenvalue weighted by atomic mass is 35.5. The zero-order valence-corrected chi connectivity index (χ0v) is 24.6. The standard InChI is InChI=1S/C31H27Cl3N4O3/c1-40-28-15-26-19(17-35-30(27(26)16-29(28)41-2)36-24-5-3-4-20(32)12-24)10-18-6-8-23(9-7-18)37-31(39)38-25-13-21(33)11-22(34)14-25/h3-9,11-16,19H,10,17H2,1-2H3,(H,35,36)(H2,37,38,39). The normalized spacial score (nSPS) is 14.0. The monoisotopic (exact) mass is 608 g/mol. The van der Waals surface area contributed by atoms with Gasteiger partial charge in [0.2, 0.25) is 0 Å². The Hall–Kier alpha value is -3.91. The van der Waals surface area contributed by atoms with Crippen molar-refractivity contribution < 1.29 is 14.3 Å². The topological polar surface area (TPSA) is 84.0 Å². The highest BCUT2D eigenvalue weighted by molar-refractivity contribution is 6.35. The van der Waals surface area contributed by atoms with Crippen LogP contribution in [0.3, 0.4) is 0 Å². The first-order valence-electron chi connectivity index (χ1n) is 12.8. The van der Waals surface area contributed by atoms with Crippen molar-refractivity contribution in [2.45, 2.75) is 12.3 Å². The zero-order chi connectivity index (χ0) is 28.9. The van der Waals surface area contributed by atoms with Crippen molar-refractivity contribution in [3.63, 3.8) is 0 Å². The van der Waals surface area contributed by atoms with Crippen molar-refractivity contribution in [1.29, 1.82) is 0 Å². The second kappa shape index (κ2) is 12.7. The van der Waals surface area contributed by atoms with Gasteiger partial charge in [-0.25, -0.2) is 4.79 Å². The molecule has 1 heterocycles. The Morgan fingerprint density at radius 2 is 1.46 bits per heavy atom. The number of methoxy groups -OCH3 is 2. The average molecular weight is 610 g/mol. The SMILES string of the molecule is COc1cc2c(cc1OC)C(Cc1ccc(NC(=O)Nc3cc(Cl)cc(Cl)c3)cc1)CN=C2Nc1cccc(Cl)c1. The number of ether oxygens (including phenoxy) is 2. The van der Waals surface area contributed by atoms with Crippen LogP contribution >= 0.6 is 34.8 Å². The lowest BCUT2D eigenvalue weighted by Gasteiger charge is -2.27. The Bertz CT molecular complexity index is 1590. The van der Waals surface area contributed by atoms with E-state index >= 15 is 0 Å². The molecular formula is C31H27Cl3N4O3. The summed E-state index contributed by atoms with van der Waals surface area (Å²) in [7, 11) is 3.25. The Kier molecular flexibility index (Phi) is 8.88. The third-order valence-corrected chi connectivity index (χ3v) is 7.29. The number of nitrogens with zero attached hydrogens (tertiary/aromatic N) is 1. The van der Waals surface area contributed by atoms with Gasteiger partial charge in [0.15, 0.2) is 11.5 Å². The zero-order valence-electron chi connectivity index (χ0n) is 22.3. The molecule has 5 rings (SSSR count). The van der Waals surface area contributed by atoms with Crippen LogP contribution in [0.25, 0.3) is 0 Å². The molecule has 210 valence electrons. The maximum atomic E-state index is 12.5. The van der Waals surface area contributed by atoms with Crippen molar-refractivity contribution in [3.8, 4) is 11.5 Å². The summed E-state index contributed by atoms with van der Waals surface area (Å²) in [4.78, 5) is 17.4. The van der Waals surface area contributed by atoms with Gasteiger partial charge in [-0.15, -0.1) is 0 Å². The largest absolute Gasteiger partial charge is 0.493 e. The van der Waals surface area contributed by atoms with Gasteiger partial charge < -0.3 is 25.4 Å². The van der Waals surface area contributed by atoms with E-state index in [2.05, 4.69) is 16.0 Å². The first-order valence-corrected chi connectivity index (χ1v) is 13.9. The molecule has 0 radical (unpaired) electrons. The van der Waals surface area contributed by atoms with E-state index < -0.39 is 6.03 Å². The van der Waals surface area contributed by atoms with E-state index in [9.17, 15) is 4.79 Å². The molecular weight excluding hydrogens is 583 g/mol. The molecule has 0 spiro atoms. The van der Waals surface area contributed by atoms with E-state index in [4.69, 9.17) is 49.3 Å². The first-order chi connectivity index (χ1) is 19.8. The molecule has 0 fully saturated rings. The fourth-order valence-electron chi connectivity index (χ4n) is 4.73. The van der Waals surface area contributed by atoms with Crippen LogP contribution in [-0.4, -0.2) is 32.6 Å². The molecule has 0 bridgehead atoms. The third kappa shape index (κ3) is 7.06. The van der Waals surface area contributed by atoms with Crippen molar-refractivity contribution >= 4 is 63.7 Å². The van der Waals surface area contributed by atoms with Crippen LogP contribution in [0.2, 0.25) is 15.1 Å². The molecule has 0 saturated carbocycles. The average Bonchev–Trinajstić information content (AvgIpc) is 2.94. The number of fused-ring (bicyclic) bond motifs is 1. The minimum absolute atomic E-state index is 0.101. The van der Waals surface area contributed by atoms with Crippen LogP contribution in [-0.2, 0) is 6.42 Å². The Labute approximate surface area is 253 Å². The van der Waals surface area contributed by atoms with Crippen LogP contribution in [0.1, 0.15) is 22.6 Å². The molecule has 7 nitrogen and oxygen atoms in total. The molecule has 0 saturated heterocycles. The maximum absolute atomic E-state index is 12.5. The molecule has 0 aliphatic carbocycles. The highest BCUT2D eigenvalue weighted by Gasteiger charge is 2.26. The molecule has 41 heavy (non-hydrogen) atoms. The van der Waals surface area contributed by atoms with Crippen LogP contribution in [0.4, 0.5) is 21.9 Å².